The van der Waals surface area contributed by atoms with Crippen molar-refractivity contribution in [2.45, 2.75) is 77.9 Å². The van der Waals surface area contributed by atoms with Crippen LogP contribution in [-0.4, -0.2) is 45.7 Å². The first-order valence-corrected chi connectivity index (χ1v) is 14.6. The highest BCUT2D eigenvalue weighted by Gasteiger charge is 2.52. The van der Waals surface area contributed by atoms with Crippen molar-refractivity contribution < 1.29 is 19.5 Å². The second-order valence-electron chi connectivity index (χ2n) is 11.6. The Balaban J connectivity index is 1.63. The van der Waals surface area contributed by atoms with E-state index in [1.54, 1.807) is 30.3 Å². The molecule has 0 aromatic heterocycles. The van der Waals surface area contributed by atoms with Gasteiger partial charge in [0.05, 0.1) is 12.5 Å². The summed E-state index contributed by atoms with van der Waals surface area (Å²) >= 11 is 12.6. The van der Waals surface area contributed by atoms with Gasteiger partial charge in [-0.05, 0) is 79.8 Å². The third kappa shape index (κ3) is 6.21. The number of aliphatic imine (C=N–C) groups is 1. The van der Waals surface area contributed by atoms with E-state index >= 15 is 0 Å². The predicted molar refractivity (Wildman–Crippen MR) is 158 cm³/mol. The minimum atomic E-state index is -0.970. The highest BCUT2D eigenvalue weighted by atomic mass is 35.5. The molecule has 2 aromatic carbocycles. The van der Waals surface area contributed by atoms with Gasteiger partial charge in [-0.1, -0.05) is 62.5 Å². The van der Waals surface area contributed by atoms with E-state index in [1.165, 1.54) is 0 Å². The van der Waals surface area contributed by atoms with Crippen molar-refractivity contribution in [3.63, 3.8) is 0 Å². The summed E-state index contributed by atoms with van der Waals surface area (Å²) in [5, 5.41) is 12.3. The molecule has 1 atom stereocenters. The fraction of sp³-hybridized carbons (Fsp3) is 0.484. The van der Waals surface area contributed by atoms with Crippen LogP contribution in [0.5, 0.6) is 0 Å². The maximum Gasteiger partial charge on any atom is 0.305 e. The van der Waals surface area contributed by atoms with Gasteiger partial charge in [0.25, 0.3) is 11.8 Å². The zero-order chi connectivity index (χ0) is 29.2. The average Bonchev–Trinajstić information content (AvgIpc) is 3.19. The zero-order valence-electron chi connectivity index (χ0n) is 23.5. The van der Waals surface area contributed by atoms with Gasteiger partial charge < -0.3 is 15.3 Å². The van der Waals surface area contributed by atoms with Gasteiger partial charge >= 0.3 is 5.97 Å². The molecule has 2 N–H and O–H groups in total. The zero-order valence-corrected chi connectivity index (χ0v) is 25.0. The van der Waals surface area contributed by atoms with Crippen LogP contribution in [0.4, 0.5) is 0 Å². The van der Waals surface area contributed by atoms with Crippen molar-refractivity contribution in [3.8, 4) is 0 Å². The molecule has 9 heteroatoms. The lowest BCUT2D eigenvalue weighted by molar-refractivity contribution is -0.137. The first-order chi connectivity index (χ1) is 18.9. The van der Waals surface area contributed by atoms with Crippen molar-refractivity contribution in [1.29, 1.82) is 0 Å². The Kier molecular flexibility index (Phi) is 8.96. The summed E-state index contributed by atoms with van der Waals surface area (Å²) in [7, 11) is 0. The number of carbonyl (C=O) groups is 3. The number of carboxylic acid groups (broad SMARTS) is 1. The maximum absolute atomic E-state index is 14.1. The lowest BCUT2D eigenvalue weighted by Crippen LogP contribution is -2.51. The molecule has 0 radical (unpaired) electrons. The summed E-state index contributed by atoms with van der Waals surface area (Å²) in [6, 6.07) is 11.9. The quantitative estimate of drug-likeness (QED) is 0.334. The van der Waals surface area contributed by atoms with Crippen LogP contribution in [0.1, 0.15) is 93.7 Å². The van der Waals surface area contributed by atoms with Gasteiger partial charge in [-0.25, -0.2) is 0 Å². The Labute approximate surface area is 246 Å². The standard InChI is InChI=1S/C31H37Cl2N3O4/c1-5-30(3,4)23-10-13-31(14-11-23)35-27(22-16-24(32)18-25(33)17-22)29(40)36(31)19(2)20-6-8-21(9-7-20)28(39)34-15-12-26(37)38/h6-9,16-19,23H,5,10-15H2,1-4H3,(H,34,39)(H,37,38). The van der Waals surface area contributed by atoms with E-state index in [0.717, 1.165) is 37.7 Å². The van der Waals surface area contributed by atoms with Crippen LogP contribution >= 0.6 is 23.2 Å². The van der Waals surface area contributed by atoms with Gasteiger partial charge in [-0.3, -0.25) is 19.4 Å². The summed E-state index contributed by atoms with van der Waals surface area (Å²) in [4.78, 5) is 44.3. The number of hydrogen-bond acceptors (Lipinski definition) is 4. The van der Waals surface area contributed by atoms with Crippen LogP contribution in [0.15, 0.2) is 47.5 Å². The van der Waals surface area contributed by atoms with E-state index in [0.29, 0.717) is 32.8 Å². The van der Waals surface area contributed by atoms with Gasteiger partial charge in [0.15, 0.2) is 0 Å². The second kappa shape index (κ2) is 11.9. The average molecular weight is 587 g/mol. The van der Waals surface area contributed by atoms with E-state index in [1.807, 2.05) is 24.0 Å². The Morgan fingerprint density at radius 2 is 1.73 bits per heavy atom. The molecule has 1 aliphatic heterocycles. The molecule has 1 unspecified atom stereocenters. The van der Waals surface area contributed by atoms with Gasteiger partial charge in [-0.2, -0.15) is 0 Å². The fourth-order valence-corrected chi connectivity index (χ4v) is 6.50. The topological polar surface area (TPSA) is 99.1 Å². The number of carboxylic acids is 1. The summed E-state index contributed by atoms with van der Waals surface area (Å²) in [6.45, 7) is 8.91. The molecule has 0 saturated heterocycles. The molecule has 1 spiro atoms. The molecule has 2 amide bonds. The molecule has 40 heavy (non-hydrogen) atoms. The Morgan fingerprint density at radius 1 is 1.12 bits per heavy atom. The number of benzene rings is 2. The molecule has 2 aliphatic rings. The van der Waals surface area contributed by atoms with Crippen LogP contribution < -0.4 is 5.32 Å². The van der Waals surface area contributed by atoms with Crippen molar-refractivity contribution in [2.24, 2.45) is 16.3 Å². The molecule has 4 rings (SSSR count). The molecule has 1 fully saturated rings. The van der Waals surface area contributed by atoms with E-state index in [9.17, 15) is 14.4 Å². The predicted octanol–water partition coefficient (Wildman–Crippen LogP) is 6.91. The number of nitrogens with zero attached hydrogens (tertiary/aromatic N) is 2. The molecule has 1 saturated carbocycles. The van der Waals surface area contributed by atoms with E-state index in [2.05, 4.69) is 26.1 Å². The number of aliphatic carboxylic acids is 1. The van der Waals surface area contributed by atoms with Gasteiger partial charge in [-0.15, -0.1) is 0 Å². The third-order valence-corrected chi connectivity index (χ3v) is 9.23. The number of hydrogen-bond donors (Lipinski definition) is 2. The number of amides is 2. The lowest BCUT2D eigenvalue weighted by Gasteiger charge is -2.47. The van der Waals surface area contributed by atoms with E-state index in [-0.39, 0.29) is 36.2 Å². The number of halogens is 2. The van der Waals surface area contributed by atoms with Crippen molar-refractivity contribution in [3.05, 3.63) is 69.2 Å². The normalized spacial score (nSPS) is 21.9. The summed E-state index contributed by atoms with van der Waals surface area (Å²) < 4.78 is 0. The summed E-state index contributed by atoms with van der Waals surface area (Å²) in [6.07, 6.45) is 4.42. The molecule has 2 aromatic rings. The Morgan fingerprint density at radius 3 is 2.27 bits per heavy atom. The van der Waals surface area contributed by atoms with E-state index < -0.39 is 11.6 Å². The van der Waals surface area contributed by atoms with Crippen LogP contribution in [0.25, 0.3) is 0 Å². The van der Waals surface area contributed by atoms with Crippen molar-refractivity contribution in [2.75, 3.05) is 6.54 Å². The second-order valence-corrected chi connectivity index (χ2v) is 12.5. The van der Waals surface area contributed by atoms with Gasteiger partial charge in [0.2, 0.25) is 0 Å². The van der Waals surface area contributed by atoms with Crippen molar-refractivity contribution in [1.82, 2.24) is 10.2 Å². The highest BCUT2D eigenvalue weighted by Crippen LogP contribution is 2.50. The number of nitrogens with one attached hydrogen (secondary N) is 1. The van der Waals surface area contributed by atoms with Gasteiger partial charge in [0, 0.05) is 27.7 Å². The molecule has 0 bridgehead atoms. The summed E-state index contributed by atoms with van der Waals surface area (Å²) in [5.41, 5.74) is 1.84. The minimum Gasteiger partial charge on any atom is -0.481 e. The molecular weight excluding hydrogens is 549 g/mol. The SMILES string of the molecule is CCC(C)(C)C1CCC2(CC1)N=C(c1cc(Cl)cc(Cl)c1)C(=O)N2C(C)c1ccc(C(=O)NCCC(=O)O)cc1. The molecule has 214 valence electrons. The van der Waals surface area contributed by atoms with Crippen LogP contribution in [-0.2, 0) is 9.59 Å². The molecular formula is C31H37Cl2N3O4. The smallest absolute Gasteiger partial charge is 0.305 e. The van der Waals surface area contributed by atoms with E-state index in [4.69, 9.17) is 33.3 Å². The largest absolute Gasteiger partial charge is 0.481 e. The lowest BCUT2D eigenvalue weighted by atomic mass is 9.67. The monoisotopic (exact) mass is 585 g/mol. The minimum absolute atomic E-state index is 0.0561. The summed E-state index contributed by atoms with van der Waals surface area (Å²) in [5.74, 6) is -0.916. The van der Waals surface area contributed by atoms with Crippen LogP contribution in [0.2, 0.25) is 10.0 Å². The number of rotatable bonds is 9. The first-order valence-electron chi connectivity index (χ1n) is 13.9. The highest BCUT2D eigenvalue weighted by molar-refractivity contribution is 6.47. The molecule has 1 aliphatic carbocycles. The van der Waals surface area contributed by atoms with Crippen LogP contribution in [0.3, 0.4) is 0 Å². The third-order valence-electron chi connectivity index (χ3n) is 8.80. The Bertz CT molecular complexity index is 1290. The number of carbonyl (C=O) groups excluding carboxylic acids is 2. The molecule has 1 heterocycles. The first kappa shape index (κ1) is 30.1. The van der Waals surface area contributed by atoms with Crippen LogP contribution in [0, 0.1) is 11.3 Å². The Hall–Kier alpha value is -2.90. The maximum atomic E-state index is 14.1. The van der Waals surface area contributed by atoms with Gasteiger partial charge in [0.1, 0.15) is 11.4 Å². The fourth-order valence-electron chi connectivity index (χ4n) is 5.98. The molecule has 7 nitrogen and oxygen atoms in total. The van der Waals surface area contributed by atoms with Crippen molar-refractivity contribution >= 4 is 46.7 Å².